The van der Waals surface area contributed by atoms with Crippen molar-refractivity contribution in [3.05, 3.63) is 106 Å². The second kappa shape index (κ2) is 13.8. The molecule has 0 unspecified atom stereocenters. The molecule has 2 amide bonds. The van der Waals surface area contributed by atoms with Gasteiger partial charge in [0, 0.05) is 24.2 Å². The van der Waals surface area contributed by atoms with Crippen LogP contribution < -0.4 is 20.1 Å². The molecule has 4 aromatic rings. The second-order valence-electron chi connectivity index (χ2n) is 11.4. The summed E-state index contributed by atoms with van der Waals surface area (Å²) in [5, 5.41) is 5.32. The quantitative estimate of drug-likeness (QED) is 0.144. The van der Waals surface area contributed by atoms with Crippen LogP contribution in [0.5, 0.6) is 0 Å². The topological polar surface area (TPSA) is 151 Å². The van der Waals surface area contributed by atoms with Gasteiger partial charge in [-0.25, -0.2) is 16.8 Å². The molecule has 0 spiro atoms. The number of nitrogens with one attached hydrogen (secondary N) is 4. The molecule has 0 atom stereocenters. The lowest BCUT2D eigenvalue weighted by Crippen LogP contribution is -2.18. The Morgan fingerprint density at radius 3 is 1.07 bits per heavy atom. The molecule has 0 bridgehead atoms. The van der Waals surface area contributed by atoms with Crippen LogP contribution in [-0.2, 0) is 29.6 Å². The molecule has 0 saturated heterocycles. The first-order chi connectivity index (χ1) is 21.5. The molecule has 0 aliphatic carbocycles. The molecule has 0 heterocycles. The molecule has 0 fully saturated rings. The van der Waals surface area contributed by atoms with Gasteiger partial charge in [-0.1, -0.05) is 35.4 Å². The van der Waals surface area contributed by atoms with E-state index in [1.807, 2.05) is 65.8 Å². The highest BCUT2D eigenvalue weighted by molar-refractivity contribution is 7.93. The zero-order valence-corrected chi connectivity index (χ0v) is 28.2. The van der Waals surface area contributed by atoms with E-state index in [0.29, 0.717) is 22.7 Å². The molecule has 0 aliphatic rings. The van der Waals surface area contributed by atoms with E-state index in [9.17, 15) is 26.4 Å². The summed E-state index contributed by atoms with van der Waals surface area (Å²) in [4.78, 5) is 25.0. The van der Waals surface area contributed by atoms with Crippen LogP contribution in [0.2, 0.25) is 0 Å². The fourth-order valence-electron chi connectivity index (χ4n) is 5.18. The van der Waals surface area contributed by atoms with Crippen molar-refractivity contribution in [3.8, 4) is 0 Å². The van der Waals surface area contributed by atoms with Gasteiger partial charge in [0.05, 0.1) is 21.2 Å². The molecule has 0 radical (unpaired) electrons. The Morgan fingerprint density at radius 2 is 0.783 bits per heavy atom. The van der Waals surface area contributed by atoms with Gasteiger partial charge in [-0.2, -0.15) is 0 Å². The number of hydrogen-bond acceptors (Lipinski definition) is 6. The smallest absolute Gasteiger partial charge is 0.261 e. The average molecular weight is 663 g/mol. The van der Waals surface area contributed by atoms with Gasteiger partial charge in [0.2, 0.25) is 11.8 Å². The molecule has 4 aromatic carbocycles. The van der Waals surface area contributed by atoms with Crippen LogP contribution in [0.3, 0.4) is 0 Å². The lowest BCUT2D eigenvalue weighted by Gasteiger charge is -2.15. The van der Waals surface area contributed by atoms with Gasteiger partial charge in [-0.15, -0.1) is 0 Å². The van der Waals surface area contributed by atoms with E-state index in [1.54, 1.807) is 0 Å². The summed E-state index contributed by atoms with van der Waals surface area (Å²) in [5.74, 6) is -0.854. The van der Waals surface area contributed by atoms with Crippen LogP contribution in [0.4, 0.5) is 22.7 Å². The number of hydrogen-bond donors (Lipinski definition) is 4. The molecule has 4 N–H and O–H groups in total. The third-order valence-electron chi connectivity index (χ3n) is 7.30. The third kappa shape index (κ3) is 8.52. The largest absolute Gasteiger partial charge is 0.326 e. The van der Waals surface area contributed by atoms with Crippen molar-refractivity contribution >= 4 is 54.6 Å². The molecule has 10 nitrogen and oxygen atoms in total. The Kier molecular flexibility index (Phi) is 10.2. The minimum atomic E-state index is -3.85. The van der Waals surface area contributed by atoms with Crippen LogP contribution >= 0.6 is 0 Å². The Bertz CT molecular complexity index is 1810. The summed E-state index contributed by atoms with van der Waals surface area (Å²) >= 11 is 0. The van der Waals surface area contributed by atoms with Crippen molar-refractivity contribution in [3.63, 3.8) is 0 Å². The zero-order valence-electron chi connectivity index (χ0n) is 26.6. The summed E-state index contributed by atoms with van der Waals surface area (Å²) in [6.07, 6.45) is -0.240. The number of aryl methyl sites for hydroxylation is 6. The van der Waals surface area contributed by atoms with Crippen LogP contribution in [0, 0.1) is 41.5 Å². The second-order valence-corrected chi connectivity index (χ2v) is 14.8. The highest BCUT2D eigenvalue weighted by Gasteiger charge is 2.19. The van der Waals surface area contributed by atoms with Crippen molar-refractivity contribution < 1.29 is 26.4 Å². The monoisotopic (exact) mass is 662 g/mol. The van der Waals surface area contributed by atoms with Crippen LogP contribution in [0.1, 0.15) is 46.2 Å². The summed E-state index contributed by atoms with van der Waals surface area (Å²) in [6, 6.07) is 19.1. The first-order valence-corrected chi connectivity index (χ1v) is 17.5. The van der Waals surface area contributed by atoms with Crippen molar-refractivity contribution in [1.82, 2.24) is 0 Å². The van der Waals surface area contributed by atoms with E-state index >= 15 is 0 Å². The van der Waals surface area contributed by atoms with Crippen molar-refractivity contribution in [2.45, 2.75) is 64.2 Å². The van der Waals surface area contributed by atoms with Gasteiger partial charge < -0.3 is 10.6 Å². The van der Waals surface area contributed by atoms with Gasteiger partial charge in [0.25, 0.3) is 20.0 Å². The van der Waals surface area contributed by atoms with Gasteiger partial charge in [-0.3, -0.25) is 19.0 Å². The summed E-state index contributed by atoms with van der Waals surface area (Å²) in [7, 11) is -7.70. The van der Waals surface area contributed by atoms with Crippen LogP contribution in [-0.4, -0.2) is 28.6 Å². The fourth-order valence-corrected chi connectivity index (χ4v) is 7.58. The van der Waals surface area contributed by atoms with Crippen molar-refractivity contribution in [2.75, 3.05) is 20.1 Å². The lowest BCUT2D eigenvalue weighted by molar-refractivity contribution is -0.121. The maximum atomic E-state index is 13.0. The Hall–Kier alpha value is -4.68. The summed E-state index contributed by atoms with van der Waals surface area (Å²) < 4.78 is 57.1. The molecular weight excluding hydrogens is 625 g/mol. The van der Waals surface area contributed by atoms with Crippen LogP contribution in [0.25, 0.3) is 0 Å². The maximum absolute atomic E-state index is 13.0. The third-order valence-corrected chi connectivity index (χ3v) is 10.0. The van der Waals surface area contributed by atoms with E-state index in [4.69, 9.17) is 0 Å². The molecule has 12 heteroatoms. The number of sulfonamides is 2. The number of carbonyl (C=O) groups is 2. The highest BCUT2D eigenvalue weighted by atomic mass is 32.2. The molecule has 242 valence electrons. The molecule has 0 aromatic heterocycles. The standard InChI is InChI=1S/C34H38N4O6S2/c1-21-17-23(3)33(24(4)18-21)37-45(41,42)29-11-7-27(8-12-29)35-31(39)15-16-32(40)36-28-9-13-30(14-10-28)46(43,44)38-34-25(5)19-22(2)20-26(34)6/h7-14,17-20,37-38H,15-16H2,1-6H3,(H,35,39)(H,36,40). The number of rotatable bonds is 11. The van der Waals surface area contributed by atoms with E-state index in [-0.39, 0.29) is 22.6 Å². The normalized spacial score (nSPS) is 11.5. The molecule has 46 heavy (non-hydrogen) atoms. The summed E-state index contributed by atoms with van der Waals surface area (Å²) in [6.45, 7) is 11.2. The fraction of sp³-hybridized carbons (Fsp3) is 0.235. The van der Waals surface area contributed by atoms with Gasteiger partial charge in [-0.05, 0) is 112 Å². The Morgan fingerprint density at radius 1 is 0.500 bits per heavy atom. The van der Waals surface area contributed by atoms with Gasteiger partial charge >= 0.3 is 0 Å². The van der Waals surface area contributed by atoms with Crippen LogP contribution in [0.15, 0.2) is 82.6 Å². The zero-order chi connectivity index (χ0) is 33.8. The Labute approximate surface area is 270 Å². The summed E-state index contributed by atoms with van der Waals surface area (Å²) in [5.41, 5.74) is 7.16. The Balaban J connectivity index is 1.28. The number of amides is 2. The van der Waals surface area contributed by atoms with E-state index < -0.39 is 31.9 Å². The highest BCUT2D eigenvalue weighted by Crippen LogP contribution is 2.27. The number of benzene rings is 4. The predicted octanol–water partition coefficient (Wildman–Crippen LogP) is 6.50. The number of carbonyl (C=O) groups excluding carboxylic acids is 2. The first-order valence-electron chi connectivity index (χ1n) is 14.6. The SMILES string of the molecule is Cc1cc(C)c(NS(=O)(=O)c2ccc(NC(=O)CCC(=O)Nc3ccc(S(=O)(=O)Nc4c(C)cc(C)cc4C)cc3)cc2)c(C)c1. The van der Waals surface area contributed by atoms with E-state index in [2.05, 4.69) is 20.1 Å². The van der Waals surface area contributed by atoms with E-state index in [1.165, 1.54) is 48.5 Å². The minimum absolute atomic E-state index is 0.0410. The molecule has 0 saturated carbocycles. The first kappa shape index (κ1) is 34.2. The van der Waals surface area contributed by atoms with Crippen molar-refractivity contribution in [2.24, 2.45) is 0 Å². The molecule has 4 rings (SSSR count). The minimum Gasteiger partial charge on any atom is -0.326 e. The average Bonchev–Trinajstić information content (AvgIpc) is 2.96. The molecule has 0 aliphatic heterocycles. The van der Waals surface area contributed by atoms with Gasteiger partial charge in [0.1, 0.15) is 0 Å². The predicted molar refractivity (Wildman–Crippen MR) is 182 cm³/mol. The van der Waals surface area contributed by atoms with Gasteiger partial charge in [0.15, 0.2) is 0 Å². The number of anilines is 4. The van der Waals surface area contributed by atoms with Crippen molar-refractivity contribution in [1.29, 1.82) is 0 Å². The van der Waals surface area contributed by atoms with E-state index in [0.717, 1.165) is 33.4 Å². The lowest BCUT2D eigenvalue weighted by atomic mass is 10.1. The maximum Gasteiger partial charge on any atom is 0.261 e. The molecular formula is C34H38N4O6S2.